The van der Waals surface area contributed by atoms with Gasteiger partial charge in [-0.25, -0.2) is 0 Å². The van der Waals surface area contributed by atoms with E-state index in [1.54, 1.807) is 7.05 Å². The number of nitrogens with one attached hydrogen (secondary N) is 2. The van der Waals surface area contributed by atoms with Crippen molar-refractivity contribution in [3.8, 4) is 0 Å². The Hall–Kier alpha value is -3.40. The van der Waals surface area contributed by atoms with Gasteiger partial charge in [-0.1, -0.05) is 72.8 Å². The number of carbonyl (C=O) groups is 2. The molecule has 0 saturated carbocycles. The van der Waals surface area contributed by atoms with Crippen molar-refractivity contribution in [2.45, 2.75) is 18.8 Å². The van der Waals surface area contributed by atoms with Gasteiger partial charge in [0.05, 0.1) is 5.92 Å². The maximum absolute atomic E-state index is 13.1. The summed E-state index contributed by atoms with van der Waals surface area (Å²) < 4.78 is 0. The number of aryl methyl sites for hydroxylation is 1. The Morgan fingerprint density at radius 3 is 1.82 bits per heavy atom. The fourth-order valence-electron chi connectivity index (χ4n) is 3.14. The lowest BCUT2D eigenvalue weighted by atomic mass is 9.90. The molecule has 0 bridgehead atoms. The lowest BCUT2D eigenvalue weighted by Crippen LogP contribution is -2.22. The number of benzene rings is 3. The molecule has 142 valence electrons. The molecule has 28 heavy (non-hydrogen) atoms. The van der Waals surface area contributed by atoms with Crippen LogP contribution in [0.3, 0.4) is 0 Å². The monoisotopic (exact) mass is 372 g/mol. The van der Waals surface area contributed by atoms with Crippen LogP contribution >= 0.6 is 0 Å². The van der Waals surface area contributed by atoms with Gasteiger partial charge in [0.25, 0.3) is 0 Å². The molecule has 4 nitrogen and oxygen atoms in total. The third-order valence-corrected chi connectivity index (χ3v) is 4.67. The van der Waals surface area contributed by atoms with Crippen molar-refractivity contribution in [1.29, 1.82) is 0 Å². The maximum Gasteiger partial charge on any atom is 0.236 e. The lowest BCUT2D eigenvalue weighted by molar-refractivity contribution is -0.120. The fourth-order valence-corrected chi connectivity index (χ4v) is 3.14. The average Bonchev–Trinajstić information content (AvgIpc) is 2.74. The molecular formula is C24H24N2O2. The molecule has 0 radical (unpaired) electrons. The van der Waals surface area contributed by atoms with E-state index in [2.05, 4.69) is 10.6 Å². The van der Waals surface area contributed by atoms with E-state index < -0.39 is 0 Å². The van der Waals surface area contributed by atoms with Crippen molar-refractivity contribution in [3.63, 3.8) is 0 Å². The minimum atomic E-state index is -0.379. The molecule has 0 aliphatic heterocycles. The van der Waals surface area contributed by atoms with Gasteiger partial charge in [0.15, 0.2) is 0 Å². The highest BCUT2D eigenvalue weighted by molar-refractivity contribution is 5.98. The first-order valence-electron chi connectivity index (χ1n) is 9.37. The van der Waals surface area contributed by atoms with Crippen LogP contribution in [0.4, 0.5) is 5.69 Å². The first kappa shape index (κ1) is 19.4. The highest BCUT2D eigenvalue weighted by Gasteiger charge is 2.22. The molecule has 2 N–H and O–H groups in total. The molecule has 2 amide bonds. The topological polar surface area (TPSA) is 58.2 Å². The molecule has 0 fully saturated rings. The summed E-state index contributed by atoms with van der Waals surface area (Å²) in [5, 5.41) is 5.64. The van der Waals surface area contributed by atoms with Gasteiger partial charge in [-0.15, -0.1) is 0 Å². The highest BCUT2D eigenvalue weighted by Crippen LogP contribution is 2.26. The Kier molecular flexibility index (Phi) is 6.58. The first-order chi connectivity index (χ1) is 13.7. The SMILES string of the molecule is CNC(=O)CCc1ccc(NC(=O)C(c2ccccc2)c2ccccc2)cc1. The molecule has 3 rings (SSSR count). The van der Waals surface area contributed by atoms with Gasteiger partial charge >= 0.3 is 0 Å². The van der Waals surface area contributed by atoms with Crippen LogP contribution in [0, 0.1) is 0 Å². The van der Waals surface area contributed by atoms with Crippen molar-refractivity contribution in [1.82, 2.24) is 5.32 Å². The molecule has 0 aliphatic carbocycles. The van der Waals surface area contributed by atoms with Crippen LogP contribution in [-0.4, -0.2) is 18.9 Å². The zero-order valence-corrected chi connectivity index (χ0v) is 15.9. The second-order valence-electron chi connectivity index (χ2n) is 6.61. The number of anilines is 1. The van der Waals surface area contributed by atoms with Crippen LogP contribution in [0.1, 0.15) is 29.0 Å². The lowest BCUT2D eigenvalue weighted by Gasteiger charge is -2.18. The number of carbonyl (C=O) groups excluding carboxylic acids is 2. The van der Waals surface area contributed by atoms with Gasteiger partial charge in [0, 0.05) is 19.2 Å². The molecule has 0 saturated heterocycles. The summed E-state index contributed by atoms with van der Waals surface area (Å²) >= 11 is 0. The number of hydrogen-bond acceptors (Lipinski definition) is 2. The number of amides is 2. The predicted octanol–water partition coefficient (Wildman–Crippen LogP) is 4.14. The molecule has 3 aromatic rings. The Morgan fingerprint density at radius 2 is 1.32 bits per heavy atom. The van der Waals surface area contributed by atoms with Crippen molar-refractivity contribution in [2.75, 3.05) is 12.4 Å². The van der Waals surface area contributed by atoms with Gasteiger partial charge in [0.2, 0.25) is 11.8 Å². The van der Waals surface area contributed by atoms with Gasteiger partial charge in [-0.05, 0) is 35.2 Å². The third kappa shape index (κ3) is 5.07. The van der Waals surface area contributed by atoms with Gasteiger partial charge in [0.1, 0.15) is 0 Å². The van der Waals surface area contributed by atoms with E-state index >= 15 is 0 Å². The predicted molar refractivity (Wildman–Crippen MR) is 112 cm³/mol. The minimum absolute atomic E-state index is 0.0194. The molecule has 4 heteroatoms. The second kappa shape index (κ2) is 9.51. The van der Waals surface area contributed by atoms with Crippen LogP contribution in [0.2, 0.25) is 0 Å². The summed E-state index contributed by atoms with van der Waals surface area (Å²) in [6.07, 6.45) is 1.12. The summed E-state index contributed by atoms with van der Waals surface area (Å²) in [6, 6.07) is 27.2. The Bertz CT molecular complexity index is 867. The van der Waals surface area contributed by atoms with Crippen LogP contribution in [-0.2, 0) is 16.0 Å². The van der Waals surface area contributed by atoms with Gasteiger partial charge in [-0.2, -0.15) is 0 Å². The van der Waals surface area contributed by atoms with E-state index in [9.17, 15) is 9.59 Å². The average molecular weight is 372 g/mol. The molecule has 0 heterocycles. The van der Waals surface area contributed by atoms with E-state index in [0.717, 1.165) is 22.4 Å². The quantitative estimate of drug-likeness (QED) is 0.655. The Balaban J connectivity index is 1.74. The fraction of sp³-hybridized carbons (Fsp3) is 0.167. The molecule has 0 unspecified atom stereocenters. The molecule has 0 atom stereocenters. The largest absolute Gasteiger partial charge is 0.359 e. The first-order valence-corrected chi connectivity index (χ1v) is 9.37. The summed E-state index contributed by atoms with van der Waals surface area (Å²) in [6.45, 7) is 0. The van der Waals surface area contributed by atoms with Crippen molar-refractivity contribution >= 4 is 17.5 Å². The van der Waals surface area contributed by atoms with E-state index in [1.165, 1.54) is 0 Å². The molecule has 0 aromatic heterocycles. The van der Waals surface area contributed by atoms with E-state index in [0.29, 0.717) is 12.8 Å². The molecule has 3 aromatic carbocycles. The summed E-state index contributed by atoms with van der Waals surface area (Å²) in [4.78, 5) is 24.5. The molecule has 0 aliphatic rings. The van der Waals surface area contributed by atoms with Crippen LogP contribution < -0.4 is 10.6 Å². The Labute approximate surface area is 165 Å². The van der Waals surface area contributed by atoms with Crippen LogP contribution in [0.5, 0.6) is 0 Å². The summed E-state index contributed by atoms with van der Waals surface area (Å²) in [5.74, 6) is -0.434. The maximum atomic E-state index is 13.1. The van der Waals surface area contributed by atoms with Gasteiger partial charge in [-0.3, -0.25) is 9.59 Å². The molecule has 0 spiro atoms. The van der Waals surface area contributed by atoms with Crippen molar-refractivity contribution < 1.29 is 9.59 Å². The van der Waals surface area contributed by atoms with Crippen LogP contribution in [0.25, 0.3) is 0 Å². The Morgan fingerprint density at radius 1 is 0.786 bits per heavy atom. The number of hydrogen-bond donors (Lipinski definition) is 2. The standard InChI is InChI=1S/C24H24N2O2/c1-25-22(27)17-14-18-12-15-21(16-13-18)26-24(28)23(19-8-4-2-5-9-19)20-10-6-3-7-11-20/h2-13,15-16,23H,14,17H2,1H3,(H,25,27)(H,26,28). The molecular weight excluding hydrogens is 348 g/mol. The van der Waals surface area contributed by atoms with Crippen molar-refractivity contribution in [3.05, 3.63) is 102 Å². The summed E-state index contributed by atoms with van der Waals surface area (Å²) in [5.41, 5.74) is 3.71. The van der Waals surface area contributed by atoms with E-state index in [1.807, 2.05) is 84.9 Å². The highest BCUT2D eigenvalue weighted by atomic mass is 16.2. The van der Waals surface area contributed by atoms with Crippen LogP contribution in [0.15, 0.2) is 84.9 Å². The minimum Gasteiger partial charge on any atom is -0.359 e. The van der Waals surface area contributed by atoms with Crippen molar-refractivity contribution in [2.24, 2.45) is 0 Å². The zero-order chi connectivity index (χ0) is 19.8. The van der Waals surface area contributed by atoms with E-state index in [4.69, 9.17) is 0 Å². The number of rotatable bonds is 7. The summed E-state index contributed by atoms with van der Waals surface area (Å²) in [7, 11) is 1.64. The normalized spacial score (nSPS) is 10.5. The smallest absolute Gasteiger partial charge is 0.236 e. The van der Waals surface area contributed by atoms with E-state index in [-0.39, 0.29) is 17.7 Å². The third-order valence-electron chi connectivity index (χ3n) is 4.67. The zero-order valence-electron chi connectivity index (χ0n) is 15.9. The second-order valence-corrected chi connectivity index (χ2v) is 6.61. The van der Waals surface area contributed by atoms with Gasteiger partial charge < -0.3 is 10.6 Å².